The van der Waals surface area contributed by atoms with Gasteiger partial charge in [0.2, 0.25) is 0 Å². The highest BCUT2D eigenvalue weighted by Crippen LogP contribution is 2.18. The third kappa shape index (κ3) is 2.15. The number of carbonyl (C=O) groups excluding carboxylic acids is 1. The molecule has 20 heavy (non-hydrogen) atoms. The van der Waals surface area contributed by atoms with Crippen LogP contribution in [-0.4, -0.2) is 22.6 Å². The van der Waals surface area contributed by atoms with Gasteiger partial charge in [-0.25, -0.2) is 10.5 Å². The predicted octanol–water partition coefficient (Wildman–Crippen LogP) is 2.32. The lowest BCUT2D eigenvalue weighted by atomic mass is 10.2. The van der Waals surface area contributed by atoms with Crippen molar-refractivity contribution >= 4 is 16.9 Å². The van der Waals surface area contributed by atoms with Crippen LogP contribution in [0.25, 0.3) is 16.7 Å². The van der Waals surface area contributed by atoms with E-state index >= 15 is 0 Å². The van der Waals surface area contributed by atoms with Crippen LogP contribution in [0.2, 0.25) is 0 Å². The molecule has 3 rings (SSSR count). The minimum atomic E-state index is -0.269. The summed E-state index contributed by atoms with van der Waals surface area (Å²) < 4.78 is 1.98. The van der Waals surface area contributed by atoms with Crippen LogP contribution in [-0.2, 0) is 4.84 Å². The maximum absolute atomic E-state index is 11.6. The summed E-state index contributed by atoms with van der Waals surface area (Å²) in [5.41, 5.74) is 5.75. The number of amides is 1. The Balaban J connectivity index is 1.97. The summed E-state index contributed by atoms with van der Waals surface area (Å²) >= 11 is 0. The van der Waals surface area contributed by atoms with E-state index in [0.717, 1.165) is 16.7 Å². The number of hydrogen-bond acceptors (Lipinski definition) is 3. The normalized spacial score (nSPS) is 10.7. The van der Waals surface area contributed by atoms with Crippen molar-refractivity contribution in [3.8, 4) is 5.69 Å². The number of nitrogens with zero attached hydrogens (tertiary/aromatic N) is 2. The molecule has 0 unspecified atom stereocenters. The van der Waals surface area contributed by atoms with Gasteiger partial charge in [-0.3, -0.25) is 14.2 Å². The maximum Gasteiger partial charge on any atom is 0.274 e. The molecule has 0 spiro atoms. The van der Waals surface area contributed by atoms with Gasteiger partial charge >= 0.3 is 0 Å². The molecule has 0 aliphatic carbocycles. The van der Waals surface area contributed by atoms with Gasteiger partial charge in [-0.05, 0) is 36.4 Å². The second kappa shape index (κ2) is 5.14. The summed E-state index contributed by atoms with van der Waals surface area (Å²) in [5, 5.41) is 0. The molecule has 1 aromatic heterocycles. The minimum Gasteiger partial charge on any atom is -0.299 e. The molecule has 3 aromatic rings. The molecule has 5 heteroatoms. The van der Waals surface area contributed by atoms with E-state index in [0.29, 0.717) is 5.56 Å². The van der Waals surface area contributed by atoms with E-state index < -0.39 is 0 Å². The number of imidazole rings is 1. The van der Waals surface area contributed by atoms with Crippen LogP contribution in [0.4, 0.5) is 0 Å². The number of hydrogen-bond donors (Lipinski definition) is 1. The summed E-state index contributed by atoms with van der Waals surface area (Å²) in [6.07, 6.45) is 1.77. The van der Waals surface area contributed by atoms with Crippen molar-refractivity contribution in [2.24, 2.45) is 0 Å². The zero-order chi connectivity index (χ0) is 13.9. The standard InChI is InChI=1S/C15H13N3O2/c1-20-17-15(19)11-6-8-12(9-7-11)18-10-16-13-4-2-3-5-14(13)18/h2-10H,1H3,(H,17,19). The zero-order valence-corrected chi connectivity index (χ0v) is 10.9. The molecule has 1 amide bonds. The average molecular weight is 267 g/mol. The first kappa shape index (κ1) is 12.4. The number of rotatable bonds is 3. The first-order chi connectivity index (χ1) is 9.79. The van der Waals surface area contributed by atoms with Crippen molar-refractivity contribution in [2.75, 3.05) is 7.11 Å². The predicted molar refractivity (Wildman–Crippen MR) is 75.5 cm³/mol. The Bertz CT molecular complexity index is 747. The van der Waals surface area contributed by atoms with Crippen LogP contribution >= 0.6 is 0 Å². The highest BCUT2D eigenvalue weighted by Gasteiger charge is 2.07. The molecule has 0 saturated heterocycles. The lowest BCUT2D eigenvalue weighted by Gasteiger charge is -2.06. The Morgan fingerprint density at radius 2 is 1.90 bits per heavy atom. The van der Waals surface area contributed by atoms with E-state index in [-0.39, 0.29) is 5.91 Å². The molecule has 0 saturated carbocycles. The smallest absolute Gasteiger partial charge is 0.274 e. The second-order valence-corrected chi connectivity index (χ2v) is 4.29. The highest BCUT2D eigenvalue weighted by molar-refractivity contribution is 5.93. The van der Waals surface area contributed by atoms with Crippen LogP contribution in [0, 0.1) is 0 Å². The quantitative estimate of drug-likeness (QED) is 0.741. The van der Waals surface area contributed by atoms with Gasteiger partial charge in [0, 0.05) is 11.3 Å². The Hall–Kier alpha value is -2.66. The monoisotopic (exact) mass is 267 g/mol. The Kier molecular flexibility index (Phi) is 3.18. The number of hydroxylamine groups is 1. The Morgan fingerprint density at radius 3 is 2.65 bits per heavy atom. The van der Waals surface area contributed by atoms with Crippen LogP contribution in [0.3, 0.4) is 0 Å². The van der Waals surface area contributed by atoms with Crippen molar-refractivity contribution in [1.29, 1.82) is 0 Å². The summed E-state index contributed by atoms with van der Waals surface area (Å²) in [5.74, 6) is -0.269. The molecule has 1 heterocycles. The van der Waals surface area contributed by atoms with Crippen molar-refractivity contribution in [1.82, 2.24) is 15.0 Å². The first-order valence-corrected chi connectivity index (χ1v) is 6.15. The fourth-order valence-corrected chi connectivity index (χ4v) is 2.09. The van der Waals surface area contributed by atoms with E-state index in [1.165, 1.54) is 7.11 Å². The lowest BCUT2D eigenvalue weighted by molar-refractivity contribution is 0.0537. The maximum atomic E-state index is 11.6. The summed E-state index contributed by atoms with van der Waals surface area (Å²) in [7, 11) is 1.41. The van der Waals surface area contributed by atoms with Crippen LogP contribution in [0.15, 0.2) is 54.9 Å². The van der Waals surface area contributed by atoms with E-state index in [4.69, 9.17) is 0 Å². The lowest BCUT2D eigenvalue weighted by Crippen LogP contribution is -2.21. The van der Waals surface area contributed by atoms with Crippen molar-refractivity contribution in [2.45, 2.75) is 0 Å². The molecular weight excluding hydrogens is 254 g/mol. The number of aromatic nitrogens is 2. The number of fused-ring (bicyclic) bond motifs is 1. The molecule has 0 atom stereocenters. The van der Waals surface area contributed by atoms with Crippen LogP contribution in [0.5, 0.6) is 0 Å². The van der Waals surface area contributed by atoms with Crippen molar-refractivity contribution < 1.29 is 9.63 Å². The average Bonchev–Trinajstić information content (AvgIpc) is 2.92. The molecule has 5 nitrogen and oxygen atoms in total. The second-order valence-electron chi connectivity index (χ2n) is 4.29. The molecule has 0 radical (unpaired) electrons. The highest BCUT2D eigenvalue weighted by atomic mass is 16.6. The topological polar surface area (TPSA) is 56.1 Å². The molecule has 0 aliphatic rings. The molecule has 2 aromatic carbocycles. The number of benzene rings is 2. The van der Waals surface area contributed by atoms with E-state index in [1.807, 2.05) is 41.0 Å². The van der Waals surface area contributed by atoms with Gasteiger partial charge in [-0.1, -0.05) is 12.1 Å². The van der Waals surface area contributed by atoms with Crippen molar-refractivity contribution in [3.05, 3.63) is 60.4 Å². The van der Waals surface area contributed by atoms with E-state index in [2.05, 4.69) is 15.3 Å². The fraction of sp³-hybridized carbons (Fsp3) is 0.0667. The summed E-state index contributed by atoms with van der Waals surface area (Å²) in [4.78, 5) is 20.5. The van der Waals surface area contributed by atoms with Gasteiger partial charge < -0.3 is 0 Å². The number of para-hydroxylation sites is 2. The van der Waals surface area contributed by atoms with Crippen molar-refractivity contribution in [3.63, 3.8) is 0 Å². The number of nitrogens with one attached hydrogen (secondary N) is 1. The van der Waals surface area contributed by atoms with Gasteiger partial charge in [-0.15, -0.1) is 0 Å². The molecule has 0 fully saturated rings. The van der Waals surface area contributed by atoms with Gasteiger partial charge in [0.1, 0.15) is 6.33 Å². The largest absolute Gasteiger partial charge is 0.299 e. The zero-order valence-electron chi connectivity index (χ0n) is 10.9. The van der Waals surface area contributed by atoms with Gasteiger partial charge in [0.25, 0.3) is 5.91 Å². The van der Waals surface area contributed by atoms with E-state index in [1.54, 1.807) is 18.5 Å². The van der Waals surface area contributed by atoms with Crippen LogP contribution in [0.1, 0.15) is 10.4 Å². The van der Waals surface area contributed by atoms with E-state index in [9.17, 15) is 4.79 Å². The molecule has 1 N–H and O–H groups in total. The fourth-order valence-electron chi connectivity index (χ4n) is 2.09. The van der Waals surface area contributed by atoms with Crippen LogP contribution < -0.4 is 5.48 Å². The first-order valence-electron chi connectivity index (χ1n) is 6.15. The summed E-state index contributed by atoms with van der Waals surface area (Å²) in [6.45, 7) is 0. The van der Waals surface area contributed by atoms with Gasteiger partial charge in [-0.2, -0.15) is 0 Å². The SMILES string of the molecule is CONC(=O)c1ccc(-n2cnc3ccccc32)cc1. The summed E-state index contributed by atoms with van der Waals surface area (Å²) in [6, 6.07) is 15.1. The number of carbonyl (C=O) groups is 1. The molecular formula is C15H13N3O2. The minimum absolute atomic E-state index is 0.269. The molecule has 0 bridgehead atoms. The molecule has 100 valence electrons. The van der Waals surface area contributed by atoms with Gasteiger partial charge in [0.15, 0.2) is 0 Å². The third-order valence-electron chi connectivity index (χ3n) is 3.06. The Morgan fingerprint density at radius 1 is 1.15 bits per heavy atom. The molecule has 0 aliphatic heterocycles. The Labute approximate surface area is 115 Å². The third-order valence-corrected chi connectivity index (χ3v) is 3.06. The van der Waals surface area contributed by atoms with Gasteiger partial charge in [0.05, 0.1) is 18.1 Å².